The Morgan fingerprint density at radius 3 is 1.46 bits per heavy atom. The van der Waals surface area contributed by atoms with Gasteiger partial charge in [0.2, 0.25) is 0 Å². The molecule has 0 amide bonds. The predicted octanol–water partition coefficient (Wildman–Crippen LogP) is 5.65. The van der Waals surface area contributed by atoms with Crippen molar-refractivity contribution in [2.24, 2.45) is 5.92 Å². The van der Waals surface area contributed by atoms with Crippen LogP contribution in [0.3, 0.4) is 0 Å². The average molecular weight is 453 g/mol. The van der Waals surface area contributed by atoms with E-state index in [1.807, 2.05) is 24.3 Å². The van der Waals surface area contributed by atoms with Crippen molar-refractivity contribution in [1.29, 1.82) is 0 Å². The van der Waals surface area contributed by atoms with E-state index in [2.05, 4.69) is 0 Å². The van der Waals surface area contributed by atoms with E-state index in [0.717, 1.165) is 11.1 Å². The lowest BCUT2D eigenvalue weighted by molar-refractivity contribution is 0.0389. The standard InChI is InChI=1S/C19H15Cl5O2/c20-15-14(18(23)16(21)17(22)19(15,18)24)13(9-1-5-11(25)6-2-9)10-3-7-12(26)8-4-10/h1-8,13-17,25-26H/t14?,15?,16?,17-,18?,19?/m0/s1. The van der Waals surface area contributed by atoms with Crippen molar-refractivity contribution < 1.29 is 10.2 Å². The van der Waals surface area contributed by atoms with Gasteiger partial charge in [0.25, 0.3) is 0 Å². The first-order chi connectivity index (χ1) is 12.2. The Morgan fingerprint density at radius 1 is 0.654 bits per heavy atom. The van der Waals surface area contributed by atoms with Crippen LogP contribution in [-0.2, 0) is 0 Å². The number of aromatic hydroxyl groups is 2. The molecule has 0 heterocycles. The van der Waals surface area contributed by atoms with Gasteiger partial charge in [0.15, 0.2) is 0 Å². The molecule has 2 fully saturated rings. The summed E-state index contributed by atoms with van der Waals surface area (Å²) in [5.74, 6) is -0.147. The molecule has 0 bridgehead atoms. The third kappa shape index (κ3) is 2.26. The first kappa shape index (κ1) is 18.8. The largest absolute Gasteiger partial charge is 0.508 e. The second-order valence-electron chi connectivity index (χ2n) is 6.93. The maximum atomic E-state index is 9.64. The predicted molar refractivity (Wildman–Crippen MR) is 108 cm³/mol. The molecule has 2 aromatic rings. The fourth-order valence-electron chi connectivity index (χ4n) is 4.32. The Hall–Kier alpha value is -0.510. The molecule has 0 spiro atoms. The number of rotatable bonds is 3. The highest BCUT2D eigenvalue weighted by atomic mass is 35.5. The lowest BCUT2D eigenvalue weighted by Crippen LogP contribution is -2.89. The SMILES string of the molecule is Oc1ccc(C(c2ccc(O)cc2)C2C(Cl)C3(Cl)[C@@H](Cl)C(Cl)C23Cl)cc1. The molecule has 2 aliphatic rings. The van der Waals surface area contributed by atoms with E-state index in [4.69, 9.17) is 58.0 Å². The third-order valence-corrected chi connectivity index (χ3v) is 9.66. The summed E-state index contributed by atoms with van der Waals surface area (Å²) in [7, 11) is 0. The summed E-state index contributed by atoms with van der Waals surface area (Å²) in [6.07, 6.45) is 0. The minimum Gasteiger partial charge on any atom is -0.508 e. The molecule has 6 atom stereocenters. The number of alkyl halides is 5. The zero-order valence-electron chi connectivity index (χ0n) is 13.3. The van der Waals surface area contributed by atoms with Crippen LogP contribution in [0.15, 0.2) is 48.5 Å². The van der Waals surface area contributed by atoms with Gasteiger partial charge >= 0.3 is 0 Å². The van der Waals surface area contributed by atoms with Crippen molar-refractivity contribution in [2.75, 3.05) is 0 Å². The van der Waals surface area contributed by atoms with Gasteiger partial charge in [-0.2, -0.15) is 0 Å². The van der Waals surface area contributed by atoms with Crippen LogP contribution in [0.2, 0.25) is 0 Å². The summed E-state index contributed by atoms with van der Waals surface area (Å²) >= 11 is 33.1. The van der Waals surface area contributed by atoms with Crippen LogP contribution in [0.1, 0.15) is 17.0 Å². The van der Waals surface area contributed by atoms with Crippen molar-refractivity contribution >= 4 is 58.0 Å². The number of hydrogen-bond donors (Lipinski definition) is 2. The molecule has 4 rings (SSSR count). The second kappa shape index (κ2) is 6.25. The van der Waals surface area contributed by atoms with Crippen LogP contribution < -0.4 is 0 Å². The highest BCUT2D eigenvalue weighted by Gasteiger charge is 2.86. The van der Waals surface area contributed by atoms with E-state index in [1.165, 1.54) is 0 Å². The molecular weight excluding hydrogens is 437 g/mol. The summed E-state index contributed by atoms with van der Waals surface area (Å²) in [6.45, 7) is 0. The van der Waals surface area contributed by atoms with Gasteiger partial charge in [0.1, 0.15) is 11.5 Å². The smallest absolute Gasteiger partial charge is 0.115 e. The van der Waals surface area contributed by atoms with E-state index in [0.29, 0.717) is 0 Å². The monoisotopic (exact) mass is 450 g/mol. The molecule has 0 radical (unpaired) electrons. The lowest BCUT2D eigenvalue weighted by atomic mass is 9.46. The molecule has 5 unspecified atom stereocenters. The Labute approximate surface area is 176 Å². The highest BCUT2D eigenvalue weighted by molar-refractivity contribution is 6.53. The third-order valence-electron chi connectivity index (χ3n) is 5.71. The summed E-state index contributed by atoms with van der Waals surface area (Å²) in [4.78, 5) is -1.92. The number of benzene rings is 2. The average Bonchev–Trinajstić information content (AvgIpc) is 2.65. The minimum atomic E-state index is -0.971. The molecule has 0 saturated heterocycles. The fourth-order valence-corrected chi connectivity index (χ4v) is 7.56. The van der Waals surface area contributed by atoms with Crippen molar-refractivity contribution in [1.82, 2.24) is 0 Å². The van der Waals surface area contributed by atoms with Crippen LogP contribution in [-0.4, -0.2) is 36.1 Å². The lowest BCUT2D eigenvalue weighted by Gasteiger charge is -2.74. The van der Waals surface area contributed by atoms with E-state index >= 15 is 0 Å². The molecule has 0 aliphatic heterocycles. The van der Waals surface area contributed by atoms with Crippen molar-refractivity contribution in [3.8, 4) is 11.5 Å². The van der Waals surface area contributed by atoms with Gasteiger partial charge in [0, 0.05) is 11.8 Å². The normalized spacial score (nSPS) is 38.4. The Morgan fingerprint density at radius 2 is 1.04 bits per heavy atom. The molecule has 2 nitrogen and oxygen atoms in total. The summed E-state index contributed by atoms with van der Waals surface area (Å²) in [5, 5.41) is 17.8. The fraction of sp³-hybridized carbons (Fsp3) is 0.368. The number of phenols is 2. The van der Waals surface area contributed by atoms with E-state index in [1.54, 1.807) is 24.3 Å². The van der Waals surface area contributed by atoms with Crippen molar-refractivity contribution in [3.63, 3.8) is 0 Å². The van der Waals surface area contributed by atoms with Gasteiger partial charge in [-0.3, -0.25) is 0 Å². The minimum absolute atomic E-state index is 0.168. The molecular formula is C19H15Cl5O2. The molecule has 7 heteroatoms. The summed E-state index contributed by atoms with van der Waals surface area (Å²) in [5.41, 5.74) is 1.84. The van der Waals surface area contributed by atoms with Crippen molar-refractivity contribution in [3.05, 3.63) is 59.7 Å². The van der Waals surface area contributed by atoms with E-state index in [-0.39, 0.29) is 23.3 Å². The van der Waals surface area contributed by atoms with Crippen molar-refractivity contribution in [2.45, 2.75) is 31.8 Å². The zero-order chi connectivity index (χ0) is 18.9. The van der Waals surface area contributed by atoms with E-state index < -0.39 is 25.9 Å². The number of hydrogen-bond acceptors (Lipinski definition) is 2. The van der Waals surface area contributed by atoms with Crippen LogP contribution in [0, 0.1) is 5.92 Å². The Bertz CT molecular complexity index is 781. The van der Waals surface area contributed by atoms with Gasteiger partial charge in [0.05, 0.1) is 25.9 Å². The maximum absolute atomic E-state index is 9.64. The van der Waals surface area contributed by atoms with Gasteiger partial charge < -0.3 is 10.2 Å². The second-order valence-corrected chi connectivity index (χ2v) is 9.59. The zero-order valence-corrected chi connectivity index (χ0v) is 17.1. The molecule has 26 heavy (non-hydrogen) atoms. The maximum Gasteiger partial charge on any atom is 0.115 e. The number of halogens is 5. The van der Waals surface area contributed by atoms with Crippen LogP contribution in [0.25, 0.3) is 0 Å². The highest BCUT2D eigenvalue weighted by Crippen LogP contribution is 2.75. The first-order valence-electron chi connectivity index (χ1n) is 8.10. The molecule has 138 valence electrons. The van der Waals surface area contributed by atoms with Crippen LogP contribution in [0.4, 0.5) is 0 Å². The van der Waals surface area contributed by atoms with E-state index in [9.17, 15) is 10.2 Å². The molecule has 2 aliphatic carbocycles. The summed E-state index contributed by atoms with van der Waals surface area (Å²) < 4.78 is 0. The molecule has 0 aromatic heterocycles. The Kier molecular flexibility index (Phi) is 4.53. The summed E-state index contributed by atoms with van der Waals surface area (Å²) in [6, 6.07) is 13.8. The van der Waals surface area contributed by atoms with Gasteiger partial charge in [-0.1, -0.05) is 24.3 Å². The number of fused-ring (bicyclic) bond motifs is 1. The quantitative estimate of drug-likeness (QED) is 0.591. The Balaban J connectivity index is 1.82. The van der Waals surface area contributed by atoms with Crippen LogP contribution in [0.5, 0.6) is 11.5 Å². The molecule has 2 aromatic carbocycles. The van der Waals surface area contributed by atoms with Gasteiger partial charge in [-0.25, -0.2) is 0 Å². The van der Waals surface area contributed by atoms with Crippen LogP contribution >= 0.6 is 58.0 Å². The molecule has 2 N–H and O–H groups in total. The molecule has 2 saturated carbocycles. The number of phenolic OH excluding ortho intramolecular Hbond substituents is 2. The first-order valence-corrected chi connectivity index (χ1v) is 10.2. The topological polar surface area (TPSA) is 40.5 Å². The van der Waals surface area contributed by atoms with Gasteiger partial charge in [-0.15, -0.1) is 58.0 Å². The van der Waals surface area contributed by atoms with Gasteiger partial charge in [-0.05, 0) is 35.4 Å².